The van der Waals surface area contributed by atoms with E-state index in [4.69, 9.17) is 0 Å². The first kappa shape index (κ1) is 23.4. The average molecular weight is 435 g/mol. The number of aromatic nitrogens is 2. The Kier molecular flexibility index (Phi) is 8.69. The zero-order valence-electron chi connectivity index (χ0n) is 20.2. The highest BCUT2D eigenvalue weighted by Crippen LogP contribution is 2.24. The minimum atomic E-state index is 0.602. The van der Waals surface area contributed by atoms with Crippen LogP contribution in [0.5, 0.6) is 0 Å². The van der Waals surface area contributed by atoms with E-state index in [0.717, 1.165) is 68.0 Å². The number of piperidine rings is 2. The van der Waals surface area contributed by atoms with E-state index in [2.05, 4.69) is 71.1 Å². The van der Waals surface area contributed by atoms with E-state index in [0.29, 0.717) is 6.04 Å². The molecule has 0 amide bonds. The summed E-state index contributed by atoms with van der Waals surface area (Å²) < 4.78 is 0. The highest BCUT2D eigenvalue weighted by Gasteiger charge is 2.22. The summed E-state index contributed by atoms with van der Waals surface area (Å²) in [6.45, 7) is 8.02. The first-order valence-corrected chi connectivity index (χ1v) is 13.0. The summed E-state index contributed by atoms with van der Waals surface area (Å²) in [5, 5.41) is 16.3. The molecule has 0 radical (unpaired) electrons. The highest BCUT2D eigenvalue weighted by atomic mass is 15.1. The smallest absolute Gasteiger partial charge is 0.0634 e. The van der Waals surface area contributed by atoms with Gasteiger partial charge >= 0.3 is 0 Å². The monoisotopic (exact) mass is 434 g/mol. The second-order valence-corrected chi connectivity index (χ2v) is 10.6. The first-order valence-electron chi connectivity index (χ1n) is 13.0. The number of hydrogen-bond acceptors (Lipinski definition) is 4. The molecule has 174 valence electrons. The Morgan fingerprint density at radius 3 is 2.22 bits per heavy atom. The summed E-state index contributed by atoms with van der Waals surface area (Å²) in [5.74, 6) is 2.28. The van der Waals surface area contributed by atoms with Crippen LogP contribution in [-0.2, 0) is 25.7 Å². The maximum absolute atomic E-state index is 4.55. The van der Waals surface area contributed by atoms with E-state index in [1.165, 1.54) is 49.7 Å². The summed E-state index contributed by atoms with van der Waals surface area (Å²) in [6, 6.07) is 14.4. The largest absolute Gasteiger partial charge is 0.317 e. The molecule has 2 N–H and O–H groups in total. The van der Waals surface area contributed by atoms with Gasteiger partial charge in [0.05, 0.1) is 11.4 Å². The molecule has 3 heterocycles. The second kappa shape index (κ2) is 11.9. The van der Waals surface area contributed by atoms with Gasteiger partial charge in [0.1, 0.15) is 0 Å². The summed E-state index contributed by atoms with van der Waals surface area (Å²) in [5.41, 5.74) is 5.27. The Morgan fingerprint density at radius 1 is 0.812 bits per heavy atom. The van der Waals surface area contributed by atoms with E-state index in [9.17, 15) is 0 Å². The van der Waals surface area contributed by atoms with Crippen LogP contribution in [-0.4, -0.2) is 35.9 Å². The lowest BCUT2D eigenvalue weighted by molar-refractivity contribution is 0.289. The van der Waals surface area contributed by atoms with Gasteiger partial charge in [-0.2, -0.15) is 10.2 Å². The van der Waals surface area contributed by atoms with Gasteiger partial charge in [0.25, 0.3) is 0 Å². The van der Waals surface area contributed by atoms with E-state index < -0.39 is 0 Å². The Balaban J connectivity index is 1.21. The molecular formula is C28H42N4. The summed E-state index contributed by atoms with van der Waals surface area (Å²) >= 11 is 0. The molecule has 4 heteroatoms. The normalized spacial score (nSPS) is 22.3. The molecule has 0 spiro atoms. The quantitative estimate of drug-likeness (QED) is 0.597. The van der Waals surface area contributed by atoms with Crippen LogP contribution in [0.4, 0.5) is 0 Å². The number of hydrogen-bond donors (Lipinski definition) is 2. The SMILES string of the molecule is CC(C)Cc1ccc(CC2CCNC(CCc3ccc(CC4CCNCC4)nn3)C2)cc1. The van der Waals surface area contributed by atoms with E-state index in [1.54, 1.807) is 0 Å². The molecule has 1 aromatic heterocycles. The first-order chi connectivity index (χ1) is 15.6. The summed E-state index contributed by atoms with van der Waals surface area (Å²) in [4.78, 5) is 0. The van der Waals surface area contributed by atoms with E-state index >= 15 is 0 Å². The van der Waals surface area contributed by atoms with Gasteiger partial charge in [-0.05, 0) is 118 Å². The molecule has 0 saturated carbocycles. The fraction of sp³-hybridized carbons (Fsp3) is 0.643. The minimum absolute atomic E-state index is 0.602. The van der Waals surface area contributed by atoms with Gasteiger partial charge in [0.15, 0.2) is 0 Å². The molecule has 0 aliphatic carbocycles. The van der Waals surface area contributed by atoms with Crippen molar-refractivity contribution in [3.8, 4) is 0 Å². The van der Waals surface area contributed by atoms with Crippen molar-refractivity contribution in [2.75, 3.05) is 19.6 Å². The Morgan fingerprint density at radius 2 is 1.50 bits per heavy atom. The predicted octanol–water partition coefficient (Wildman–Crippen LogP) is 4.76. The number of rotatable bonds is 9. The molecular weight excluding hydrogens is 392 g/mol. The van der Waals surface area contributed by atoms with Gasteiger partial charge in [-0.15, -0.1) is 0 Å². The summed E-state index contributed by atoms with van der Waals surface area (Å²) in [7, 11) is 0. The van der Waals surface area contributed by atoms with Crippen LogP contribution >= 0.6 is 0 Å². The lowest BCUT2D eigenvalue weighted by atomic mass is 9.85. The molecule has 0 bridgehead atoms. The zero-order chi connectivity index (χ0) is 22.2. The highest BCUT2D eigenvalue weighted by molar-refractivity contribution is 5.23. The number of aryl methyl sites for hydroxylation is 1. The molecule has 4 rings (SSSR count). The standard InChI is InChI=1S/C28H42N4/c1-21(2)17-22-3-5-23(6-4-22)18-25-13-16-30-27(20-25)9-7-26-8-10-28(32-31-26)19-24-11-14-29-15-12-24/h3-6,8,10,21,24-25,27,29-30H,7,9,11-20H2,1-2H3. The van der Waals surface area contributed by atoms with Crippen molar-refractivity contribution in [1.82, 2.24) is 20.8 Å². The molecule has 2 fully saturated rings. The van der Waals surface area contributed by atoms with Gasteiger partial charge in [-0.25, -0.2) is 0 Å². The van der Waals surface area contributed by atoms with Gasteiger partial charge in [0.2, 0.25) is 0 Å². The van der Waals surface area contributed by atoms with Crippen molar-refractivity contribution >= 4 is 0 Å². The maximum Gasteiger partial charge on any atom is 0.0634 e. The molecule has 1 aromatic carbocycles. The predicted molar refractivity (Wildman–Crippen MR) is 133 cm³/mol. The van der Waals surface area contributed by atoms with Gasteiger partial charge in [-0.3, -0.25) is 0 Å². The average Bonchev–Trinajstić information content (AvgIpc) is 2.81. The van der Waals surface area contributed by atoms with Crippen molar-refractivity contribution in [3.63, 3.8) is 0 Å². The number of nitrogens with zero attached hydrogens (tertiary/aromatic N) is 2. The Hall–Kier alpha value is -1.78. The van der Waals surface area contributed by atoms with Crippen LogP contribution in [0.15, 0.2) is 36.4 Å². The molecule has 2 saturated heterocycles. The van der Waals surface area contributed by atoms with Crippen molar-refractivity contribution in [2.45, 2.75) is 77.7 Å². The lowest BCUT2D eigenvalue weighted by Gasteiger charge is -2.30. The van der Waals surface area contributed by atoms with Crippen molar-refractivity contribution in [2.24, 2.45) is 17.8 Å². The van der Waals surface area contributed by atoms with Crippen molar-refractivity contribution in [1.29, 1.82) is 0 Å². The maximum atomic E-state index is 4.55. The molecule has 32 heavy (non-hydrogen) atoms. The van der Waals surface area contributed by atoms with E-state index in [1.807, 2.05) is 0 Å². The van der Waals surface area contributed by atoms with Crippen molar-refractivity contribution in [3.05, 3.63) is 58.9 Å². The molecule has 2 unspecified atom stereocenters. The topological polar surface area (TPSA) is 49.8 Å². The number of nitrogens with one attached hydrogen (secondary N) is 2. The second-order valence-electron chi connectivity index (χ2n) is 10.6. The molecule has 2 atom stereocenters. The van der Waals surface area contributed by atoms with Crippen molar-refractivity contribution < 1.29 is 0 Å². The molecule has 2 aromatic rings. The van der Waals surface area contributed by atoms with Crippen LogP contribution in [0, 0.1) is 17.8 Å². The van der Waals surface area contributed by atoms with Crippen LogP contribution in [0.1, 0.15) is 68.5 Å². The fourth-order valence-electron chi connectivity index (χ4n) is 5.45. The Labute approximate surface area is 195 Å². The third kappa shape index (κ3) is 7.38. The van der Waals surface area contributed by atoms with Gasteiger partial charge < -0.3 is 10.6 Å². The Bertz CT molecular complexity index is 793. The fourth-order valence-corrected chi connectivity index (χ4v) is 5.45. The zero-order valence-corrected chi connectivity index (χ0v) is 20.2. The third-order valence-electron chi connectivity index (χ3n) is 7.28. The van der Waals surface area contributed by atoms with E-state index in [-0.39, 0.29) is 0 Å². The summed E-state index contributed by atoms with van der Waals surface area (Å²) in [6.07, 6.45) is 10.7. The van der Waals surface area contributed by atoms with Crippen LogP contribution in [0.2, 0.25) is 0 Å². The number of benzene rings is 1. The molecule has 2 aliphatic heterocycles. The van der Waals surface area contributed by atoms with Crippen LogP contribution in [0.3, 0.4) is 0 Å². The minimum Gasteiger partial charge on any atom is -0.317 e. The molecule has 2 aliphatic rings. The lowest BCUT2D eigenvalue weighted by Crippen LogP contribution is -2.39. The van der Waals surface area contributed by atoms with Crippen LogP contribution in [0.25, 0.3) is 0 Å². The molecule has 4 nitrogen and oxygen atoms in total. The third-order valence-corrected chi connectivity index (χ3v) is 7.28. The van der Waals surface area contributed by atoms with Gasteiger partial charge in [0, 0.05) is 6.04 Å². The van der Waals surface area contributed by atoms with Gasteiger partial charge in [-0.1, -0.05) is 38.1 Å². The van der Waals surface area contributed by atoms with Crippen LogP contribution < -0.4 is 10.6 Å².